The first kappa shape index (κ1) is 18.9. The molecule has 0 spiro atoms. The molecule has 0 radical (unpaired) electrons. The van der Waals surface area contributed by atoms with E-state index in [1.54, 1.807) is 0 Å². The largest absolute Gasteiger partial charge is 0.379 e. The van der Waals surface area contributed by atoms with Crippen molar-refractivity contribution in [2.45, 2.75) is 64.0 Å². The summed E-state index contributed by atoms with van der Waals surface area (Å²) in [4.78, 5) is 27.3. The van der Waals surface area contributed by atoms with Gasteiger partial charge in [-0.3, -0.25) is 9.59 Å². The zero-order chi connectivity index (χ0) is 18.7. The molecule has 2 fully saturated rings. The van der Waals surface area contributed by atoms with Gasteiger partial charge < -0.3 is 15.0 Å². The lowest BCUT2D eigenvalue weighted by molar-refractivity contribution is -0.129. The van der Waals surface area contributed by atoms with E-state index in [0.29, 0.717) is 26.1 Å². The topological polar surface area (TPSA) is 58.6 Å². The molecular weight excluding hydrogens is 328 g/mol. The first-order chi connectivity index (χ1) is 12.4. The molecule has 1 aromatic rings. The van der Waals surface area contributed by atoms with Gasteiger partial charge in [0.1, 0.15) is 0 Å². The zero-order valence-corrected chi connectivity index (χ0v) is 16.1. The quantitative estimate of drug-likeness (QED) is 0.762. The summed E-state index contributed by atoms with van der Waals surface area (Å²) in [5, 5.41) is 3.10. The van der Waals surface area contributed by atoms with Gasteiger partial charge in [-0.2, -0.15) is 0 Å². The third kappa shape index (κ3) is 3.78. The molecule has 0 aromatic heterocycles. The van der Waals surface area contributed by atoms with Crippen molar-refractivity contribution in [1.82, 2.24) is 10.2 Å². The first-order valence-corrected chi connectivity index (χ1v) is 9.69. The minimum atomic E-state index is -0.633. The summed E-state index contributed by atoms with van der Waals surface area (Å²) >= 11 is 0. The van der Waals surface area contributed by atoms with Crippen LogP contribution in [0.5, 0.6) is 0 Å². The molecule has 0 unspecified atom stereocenters. The van der Waals surface area contributed by atoms with Crippen LogP contribution in [0.15, 0.2) is 24.3 Å². The van der Waals surface area contributed by atoms with Crippen molar-refractivity contribution in [3.63, 3.8) is 0 Å². The number of ether oxygens (including phenoxy) is 1. The molecule has 2 aliphatic heterocycles. The Morgan fingerprint density at radius 1 is 1.42 bits per heavy atom. The lowest BCUT2D eigenvalue weighted by atomic mass is 9.76. The summed E-state index contributed by atoms with van der Waals surface area (Å²) in [6.45, 7) is 7.79. The maximum absolute atomic E-state index is 13.2. The van der Waals surface area contributed by atoms with E-state index < -0.39 is 5.41 Å². The van der Waals surface area contributed by atoms with Crippen molar-refractivity contribution in [1.29, 1.82) is 0 Å². The van der Waals surface area contributed by atoms with Gasteiger partial charge in [-0.25, -0.2) is 0 Å². The van der Waals surface area contributed by atoms with Gasteiger partial charge in [-0.15, -0.1) is 0 Å². The third-order valence-corrected chi connectivity index (χ3v) is 5.54. The van der Waals surface area contributed by atoms with Gasteiger partial charge >= 0.3 is 0 Å². The van der Waals surface area contributed by atoms with Crippen LogP contribution in [-0.2, 0) is 19.7 Å². The number of hydrogen-bond donors (Lipinski definition) is 1. The van der Waals surface area contributed by atoms with Crippen LogP contribution in [-0.4, -0.2) is 48.6 Å². The second-order valence-corrected chi connectivity index (χ2v) is 7.90. The molecule has 3 rings (SSSR count). The number of amides is 2. The van der Waals surface area contributed by atoms with Gasteiger partial charge in [-0.05, 0) is 45.6 Å². The summed E-state index contributed by atoms with van der Waals surface area (Å²) < 4.78 is 5.55. The highest BCUT2D eigenvalue weighted by atomic mass is 16.5. The summed E-state index contributed by atoms with van der Waals surface area (Å²) in [7, 11) is 0. The monoisotopic (exact) mass is 358 g/mol. The fourth-order valence-electron chi connectivity index (χ4n) is 4.19. The van der Waals surface area contributed by atoms with Gasteiger partial charge in [0, 0.05) is 32.2 Å². The first-order valence-electron chi connectivity index (χ1n) is 9.69. The molecule has 0 bridgehead atoms. The van der Waals surface area contributed by atoms with E-state index in [0.717, 1.165) is 30.4 Å². The molecule has 0 aliphatic carbocycles. The highest BCUT2D eigenvalue weighted by Gasteiger charge is 2.53. The van der Waals surface area contributed by atoms with E-state index in [4.69, 9.17) is 4.74 Å². The van der Waals surface area contributed by atoms with Crippen LogP contribution in [0.4, 0.5) is 0 Å². The van der Waals surface area contributed by atoms with Gasteiger partial charge in [0.25, 0.3) is 0 Å². The predicted octanol–water partition coefficient (Wildman–Crippen LogP) is 2.56. The number of nitrogens with zero attached hydrogens (tertiary/aromatic N) is 1. The molecule has 1 N–H and O–H groups in total. The molecule has 5 nitrogen and oxygen atoms in total. The average Bonchev–Trinajstić information content (AvgIpc) is 3.14. The average molecular weight is 358 g/mol. The van der Waals surface area contributed by atoms with Crippen LogP contribution >= 0.6 is 0 Å². The predicted molar refractivity (Wildman–Crippen MR) is 101 cm³/mol. The van der Waals surface area contributed by atoms with E-state index in [1.807, 2.05) is 43.9 Å². The third-order valence-electron chi connectivity index (χ3n) is 5.54. The number of hydrogen-bond acceptors (Lipinski definition) is 3. The molecule has 2 aliphatic rings. The van der Waals surface area contributed by atoms with Crippen molar-refractivity contribution >= 4 is 11.8 Å². The van der Waals surface area contributed by atoms with Gasteiger partial charge in [0.15, 0.2) is 0 Å². The van der Waals surface area contributed by atoms with Crippen molar-refractivity contribution in [2.75, 3.05) is 19.7 Å². The van der Waals surface area contributed by atoms with Crippen LogP contribution in [0.25, 0.3) is 0 Å². The van der Waals surface area contributed by atoms with Crippen molar-refractivity contribution < 1.29 is 14.3 Å². The maximum Gasteiger partial charge on any atom is 0.232 e. The second kappa shape index (κ2) is 7.78. The molecule has 5 heteroatoms. The molecule has 2 heterocycles. The van der Waals surface area contributed by atoms with Crippen molar-refractivity contribution in [3.05, 3.63) is 35.4 Å². The second-order valence-electron chi connectivity index (χ2n) is 7.90. The Bertz CT molecular complexity index is 673. The van der Waals surface area contributed by atoms with Gasteiger partial charge in [-0.1, -0.05) is 29.8 Å². The number of carbonyl (C=O) groups excluding carboxylic acids is 2. The highest BCUT2D eigenvalue weighted by molar-refractivity contribution is 5.91. The molecule has 0 saturated carbocycles. The lowest BCUT2D eigenvalue weighted by Crippen LogP contribution is -2.47. The van der Waals surface area contributed by atoms with Crippen LogP contribution < -0.4 is 5.32 Å². The minimum absolute atomic E-state index is 0.0369. The van der Waals surface area contributed by atoms with Crippen molar-refractivity contribution in [2.24, 2.45) is 0 Å². The molecule has 142 valence electrons. The Hall–Kier alpha value is -1.88. The Kier molecular flexibility index (Phi) is 5.66. The van der Waals surface area contributed by atoms with Crippen LogP contribution in [0.1, 0.15) is 50.7 Å². The highest BCUT2D eigenvalue weighted by Crippen LogP contribution is 2.43. The fraction of sp³-hybridized carbons (Fsp3) is 0.619. The van der Waals surface area contributed by atoms with E-state index in [9.17, 15) is 9.59 Å². The number of rotatable bonds is 7. The van der Waals surface area contributed by atoms with E-state index in [1.165, 1.54) is 0 Å². The van der Waals surface area contributed by atoms with E-state index >= 15 is 0 Å². The molecular formula is C21H30N2O3. The summed E-state index contributed by atoms with van der Waals surface area (Å²) in [6, 6.07) is 8.36. The normalized spacial score (nSPS) is 25.0. The molecule has 2 amide bonds. The van der Waals surface area contributed by atoms with Crippen LogP contribution in [0.3, 0.4) is 0 Å². The molecule has 2 saturated heterocycles. The van der Waals surface area contributed by atoms with Gasteiger partial charge in [0.05, 0.1) is 11.5 Å². The molecule has 2 atom stereocenters. The SMILES string of the molecule is Cc1cccc([C@]2(C(=O)NCCCOC(C)C)C[C@@H]3CCC(=O)N3C2)c1. The number of carbonyl (C=O) groups is 2. The Morgan fingerprint density at radius 3 is 2.92 bits per heavy atom. The maximum atomic E-state index is 13.2. The standard InChI is InChI=1S/C21H30N2O3/c1-15(2)26-11-5-10-22-20(25)21(17-7-4-6-16(3)12-17)13-18-8-9-19(24)23(18)14-21/h4,6-7,12,15,18H,5,8-11,13-14H2,1-3H3,(H,22,25)/t18-,21-/m0/s1. The Balaban J connectivity index is 1.74. The number of nitrogens with one attached hydrogen (secondary N) is 1. The lowest BCUT2D eigenvalue weighted by Gasteiger charge is -2.29. The minimum Gasteiger partial charge on any atom is -0.379 e. The van der Waals surface area contributed by atoms with Gasteiger partial charge in [0.2, 0.25) is 11.8 Å². The Morgan fingerprint density at radius 2 is 2.23 bits per heavy atom. The van der Waals surface area contributed by atoms with E-state index in [-0.39, 0.29) is 24.0 Å². The number of benzene rings is 1. The number of fused-ring (bicyclic) bond motifs is 1. The Labute approximate surface area is 156 Å². The van der Waals surface area contributed by atoms with E-state index in [2.05, 4.69) is 11.4 Å². The smallest absolute Gasteiger partial charge is 0.232 e. The summed E-state index contributed by atoms with van der Waals surface area (Å²) in [5.74, 6) is 0.220. The summed E-state index contributed by atoms with van der Waals surface area (Å²) in [5.41, 5.74) is 1.53. The number of aryl methyl sites for hydroxylation is 1. The van der Waals surface area contributed by atoms with Crippen LogP contribution in [0.2, 0.25) is 0 Å². The zero-order valence-electron chi connectivity index (χ0n) is 16.1. The van der Waals surface area contributed by atoms with Crippen LogP contribution in [0, 0.1) is 6.92 Å². The fourth-order valence-corrected chi connectivity index (χ4v) is 4.19. The molecule has 26 heavy (non-hydrogen) atoms. The van der Waals surface area contributed by atoms with Crippen molar-refractivity contribution in [3.8, 4) is 0 Å². The summed E-state index contributed by atoms with van der Waals surface area (Å²) in [6.07, 6.45) is 3.19. The molecule has 1 aromatic carbocycles.